The SMILES string of the molecule is Cc1cc(C(=O)Nc2c(Cl)cccc2Cl)nc(N2CCN(C=O)CC2)n1. The fourth-order valence-electron chi connectivity index (χ4n) is 2.63. The second-order valence-electron chi connectivity index (χ2n) is 5.87. The Morgan fingerprint density at radius 1 is 1.15 bits per heavy atom. The number of amides is 2. The Labute approximate surface area is 160 Å². The molecule has 9 heteroatoms. The number of hydrogen-bond donors (Lipinski definition) is 1. The standard InChI is InChI=1S/C17H17Cl2N5O2/c1-11-9-14(16(26)22-15-12(18)3-2-4-13(15)19)21-17(20-11)24-7-5-23(10-25)6-8-24/h2-4,9-10H,5-8H2,1H3,(H,22,26). The molecule has 0 saturated carbocycles. The number of nitrogens with one attached hydrogen (secondary N) is 1. The summed E-state index contributed by atoms with van der Waals surface area (Å²) in [4.78, 5) is 35.9. The van der Waals surface area contributed by atoms with Crippen molar-refractivity contribution in [3.8, 4) is 0 Å². The molecule has 1 aliphatic heterocycles. The van der Waals surface area contributed by atoms with Crippen LogP contribution >= 0.6 is 23.2 Å². The Hall–Kier alpha value is -2.38. The summed E-state index contributed by atoms with van der Waals surface area (Å²) in [5.74, 6) is 0.0456. The van der Waals surface area contributed by atoms with Gasteiger partial charge in [-0.05, 0) is 25.1 Å². The minimum atomic E-state index is -0.418. The summed E-state index contributed by atoms with van der Waals surface area (Å²) in [5, 5.41) is 3.40. The molecule has 2 amide bonds. The van der Waals surface area contributed by atoms with Crippen molar-refractivity contribution in [2.45, 2.75) is 6.92 Å². The van der Waals surface area contributed by atoms with E-state index in [1.807, 2.05) is 4.90 Å². The average molecular weight is 394 g/mol. The van der Waals surface area contributed by atoms with Gasteiger partial charge in [0.1, 0.15) is 5.69 Å². The molecule has 0 aliphatic carbocycles. The van der Waals surface area contributed by atoms with E-state index >= 15 is 0 Å². The number of nitrogens with zero attached hydrogens (tertiary/aromatic N) is 4. The number of piperazine rings is 1. The van der Waals surface area contributed by atoms with Crippen molar-refractivity contribution in [1.29, 1.82) is 0 Å². The number of halogens is 2. The quantitative estimate of drug-likeness (QED) is 0.807. The molecule has 1 aromatic heterocycles. The summed E-state index contributed by atoms with van der Waals surface area (Å²) in [7, 11) is 0. The summed E-state index contributed by atoms with van der Waals surface area (Å²) >= 11 is 12.2. The Morgan fingerprint density at radius 3 is 2.42 bits per heavy atom. The first-order chi connectivity index (χ1) is 12.5. The number of benzene rings is 1. The monoisotopic (exact) mass is 393 g/mol. The first-order valence-corrected chi connectivity index (χ1v) is 8.79. The topological polar surface area (TPSA) is 78.4 Å². The molecule has 3 rings (SSSR count). The van der Waals surface area contributed by atoms with Gasteiger partial charge in [-0.2, -0.15) is 0 Å². The molecule has 0 radical (unpaired) electrons. The summed E-state index contributed by atoms with van der Waals surface area (Å²) in [5.41, 5.74) is 1.24. The number of anilines is 2. The third-order valence-corrected chi connectivity index (χ3v) is 4.65. The molecule has 0 spiro atoms. The Bertz CT molecular complexity index is 818. The van der Waals surface area contributed by atoms with Crippen LogP contribution < -0.4 is 10.2 Å². The Balaban J connectivity index is 1.81. The average Bonchev–Trinajstić information content (AvgIpc) is 2.64. The second-order valence-corrected chi connectivity index (χ2v) is 6.69. The van der Waals surface area contributed by atoms with E-state index in [-0.39, 0.29) is 5.69 Å². The highest BCUT2D eigenvalue weighted by molar-refractivity contribution is 6.40. The van der Waals surface area contributed by atoms with E-state index in [1.165, 1.54) is 0 Å². The summed E-state index contributed by atoms with van der Waals surface area (Å²) in [6.45, 7) is 4.21. The molecule has 1 aromatic carbocycles. The van der Waals surface area contributed by atoms with Crippen LogP contribution in [0.2, 0.25) is 10.0 Å². The zero-order valence-corrected chi connectivity index (χ0v) is 15.6. The third-order valence-electron chi connectivity index (χ3n) is 4.02. The zero-order chi connectivity index (χ0) is 18.7. The molecule has 2 heterocycles. The number of aryl methyl sites for hydroxylation is 1. The van der Waals surface area contributed by atoms with E-state index in [0.717, 1.165) is 6.41 Å². The van der Waals surface area contributed by atoms with Gasteiger partial charge in [0.2, 0.25) is 12.4 Å². The lowest BCUT2D eigenvalue weighted by atomic mass is 10.2. The number of rotatable bonds is 4. The normalized spacial score (nSPS) is 14.3. The van der Waals surface area contributed by atoms with Gasteiger partial charge in [0.05, 0.1) is 15.7 Å². The van der Waals surface area contributed by atoms with Crippen LogP contribution in [-0.4, -0.2) is 53.4 Å². The molecule has 0 bridgehead atoms. The second kappa shape index (κ2) is 7.88. The minimum Gasteiger partial charge on any atom is -0.342 e. The first-order valence-electron chi connectivity index (χ1n) is 8.03. The maximum atomic E-state index is 12.6. The maximum absolute atomic E-state index is 12.6. The largest absolute Gasteiger partial charge is 0.342 e. The predicted octanol–water partition coefficient (Wildman–Crippen LogP) is 2.62. The number of carbonyl (C=O) groups excluding carboxylic acids is 2. The van der Waals surface area contributed by atoms with E-state index in [4.69, 9.17) is 23.2 Å². The Kier molecular flexibility index (Phi) is 5.58. The van der Waals surface area contributed by atoms with Crippen molar-refractivity contribution >= 4 is 47.2 Å². The van der Waals surface area contributed by atoms with Crippen LogP contribution in [0.15, 0.2) is 24.3 Å². The highest BCUT2D eigenvalue weighted by Crippen LogP contribution is 2.30. The van der Waals surface area contributed by atoms with Crippen molar-refractivity contribution in [3.05, 3.63) is 45.7 Å². The zero-order valence-electron chi connectivity index (χ0n) is 14.1. The smallest absolute Gasteiger partial charge is 0.274 e. The molecule has 1 fully saturated rings. The fraction of sp³-hybridized carbons (Fsp3) is 0.294. The predicted molar refractivity (Wildman–Crippen MR) is 101 cm³/mol. The van der Waals surface area contributed by atoms with E-state index in [0.29, 0.717) is 53.6 Å². The lowest BCUT2D eigenvalue weighted by molar-refractivity contribution is -0.118. The van der Waals surface area contributed by atoms with Crippen molar-refractivity contribution in [1.82, 2.24) is 14.9 Å². The molecule has 0 unspecified atom stereocenters. The van der Waals surface area contributed by atoms with E-state index in [9.17, 15) is 9.59 Å². The molecule has 1 N–H and O–H groups in total. The molecule has 26 heavy (non-hydrogen) atoms. The molecular weight excluding hydrogens is 377 g/mol. The molecule has 0 atom stereocenters. The van der Waals surface area contributed by atoms with Crippen molar-refractivity contribution < 1.29 is 9.59 Å². The van der Waals surface area contributed by atoms with E-state index < -0.39 is 5.91 Å². The van der Waals surface area contributed by atoms with Gasteiger partial charge in [-0.1, -0.05) is 29.3 Å². The van der Waals surface area contributed by atoms with Crippen molar-refractivity contribution in [2.75, 3.05) is 36.4 Å². The number of hydrogen-bond acceptors (Lipinski definition) is 5. The lowest BCUT2D eigenvalue weighted by Gasteiger charge is -2.32. The third kappa shape index (κ3) is 4.05. The van der Waals surface area contributed by atoms with Crippen LogP contribution in [0.1, 0.15) is 16.2 Å². The fourth-order valence-corrected chi connectivity index (χ4v) is 3.12. The number of para-hydroxylation sites is 1. The van der Waals surface area contributed by atoms with Crippen LogP contribution in [0.5, 0.6) is 0 Å². The van der Waals surface area contributed by atoms with Crippen molar-refractivity contribution in [3.63, 3.8) is 0 Å². The van der Waals surface area contributed by atoms with Crippen LogP contribution in [0.4, 0.5) is 11.6 Å². The summed E-state index contributed by atoms with van der Waals surface area (Å²) < 4.78 is 0. The minimum absolute atomic E-state index is 0.223. The van der Waals surface area contributed by atoms with Crippen LogP contribution in [0.3, 0.4) is 0 Å². The van der Waals surface area contributed by atoms with Gasteiger partial charge < -0.3 is 15.1 Å². The maximum Gasteiger partial charge on any atom is 0.274 e. The van der Waals surface area contributed by atoms with Gasteiger partial charge in [-0.15, -0.1) is 0 Å². The Morgan fingerprint density at radius 2 is 1.81 bits per heavy atom. The van der Waals surface area contributed by atoms with Crippen LogP contribution in [0, 0.1) is 6.92 Å². The van der Waals surface area contributed by atoms with E-state index in [2.05, 4.69) is 15.3 Å². The summed E-state index contributed by atoms with van der Waals surface area (Å²) in [6, 6.07) is 6.59. The van der Waals surface area contributed by atoms with Gasteiger partial charge in [0.15, 0.2) is 0 Å². The van der Waals surface area contributed by atoms with Gasteiger partial charge >= 0.3 is 0 Å². The molecule has 136 valence electrons. The van der Waals surface area contributed by atoms with E-state index in [1.54, 1.807) is 36.1 Å². The van der Waals surface area contributed by atoms with Gasteiger partial charge in [0.25, 0.3) is 5.91 Å². The van der Waals surface area contributed by atoms with Crippen LogP contribution in [0.25, 0.3) is 0 Å². The highest BCUT2D eigenvalue weighted by atomic mass is 35.5. The van der Waals surface area contributed by atoms with Crippen LogP contribution in [-0.2, 0) is 4.79 Å². The lowest BCUT2D eigenvalue weighted by Crippen LogP contribution is -2.46. The van der Waals surface area contributed by atoms with Gasteiger partial charge in [-0.25, -0.2) is 9.97 Å². The summed E-state index contributed by atoms with van der Waals surface area (Å²) in [6.07, 6.45) is 0.834. The highest BCUT2D eigenvalue weighted by Gasteiger charge is 2.20. The molecule has 2 aromatic rings. The van der Waals surface area contributed by atoms with Gasteiger partial charge in [0, 0.05) is 31.9 Å². The van der Waals surface area contributed by atoms with Gasteiger partial charge in [-0.3, -0.25) is 9.59 Å². The molecular formula is C17H17Cl2N5O2. The molecule has 1 saturated heterocycles. The molecule has 1 aliphatic rings. The number of aromatic nitrogens is 2. The number of carbonyl (C=O) groups is 2. The first kappa shape index (κ1) is 18.4. The van der Waals surface area contributed by atoms with Crippen molar-refractivity contribution in [2.24, 2.45) is 0 Å². The molecule has 7 nitrogen and oxygen atoms in total.